The minimum absolute atomic E-state index is 0.856. The summed E-state index contributed by atoms with van der Waals surface area (Å²) in [6.45, 7) is 4.48. The Hall–Kier alpha value is -8.40. The van der Waals surface area contributed by atoms with E-state index in [9.17, 15) is 0 Å². The van der Waals surface area contributed by atoms with Gasteiger partial charge in [-0.15, -0.1) is 0 Å². The summed E-state index contributed by atoms with van der Waals surface area (Å²) in [5.41, 5.74) is 20.1. The zero-order valence-electron chi connectivity index (χ0n) is 36.2. The SMILES string of the molecule is Cc1cc(-c2ccccc2)ccc1N(c1cc(C)c(-c2ccccc2)c(-c2ccccc2)c1)c1ccc(-c2ccc(-n3c4ccccc4c4ccccc43)cc2)c2oc3ccccc3c12. The molecular formula is C62H44N2O. The lowest BCUT2D eigenvalue weighted by Crippen LogP contribution is -2.13. The summed E-state index contributed by atoms with van der Waals surface area (Å²) in [7, 11) is 0. The summed E-state index contributed by atoms with van der Waals surface area (Å²) in [5.74, 6) is 0. The molecule has 0 bridgehead atoms. The summed E-state index contributed by atoms with van der Waals surface area (Å²) in [6.07, 6.45) is 0. The van der Waals surface area contributed by atoms with Gasteiger partial charge in [-0.2, -0.15) is 0 Å². The Kier molecular flexibility index (Phi) is 9.28. The monoisotopic (exact) mass is 832 g/mol. The smallest absolute Gasteiger partial charge is 0.145 e. The molecule has 12 rings (SSSR count). The van der Waals surface area contributed by atoms with Crippen molar-refractivity contribution in [2.75, 3.05) is 4.90 Å². The quantitative estimate of drug-likeness (QED) is 0.152. The molecule has 0 radical (unpaired) electrons. The molecule has 65 heavy (non-hydrogen) atoms. The number of para-hydroxylation sites is 3. The van der Waals surface area contributed by atoms with Crippen LogP contribution in [0.2, 0.25) is 0 Å². The van der Waals surface area contributed by atoms with Gasteiger partial charge in [-0.05, 0) is 131 Å². The zero-order valence-corrected chi connectivity index (χ0v) is 36.2. The number of aromatic nitrogens is 1. The van der Waals surface area contributed by atoms with Gasteiger partial charge >= 0.3 is 0 Å². The van der Waals surface area contributed by atoms with Gasteiger partial charge in [0.25, 0.3) is 0 Å². The lowest BCUT2D eigenvalue weighted by molar-refractivity contribution is 0.670. The number of hydrogen-bond donors (Lipinski definition) is 0. The standard InChI is InChI=1S/C62H44N2O/c1-41-38-47(43-18-6-3-7-19-43)32-36-55(41)64(49-39-42(2)60(46-22-10-5-11-23-46)54(40-49)44-20-8-4-9-21-44)58-37-35-50(62-61(58)53-26-14-17-29-59(53)65-62)45-30-33-48(34-31-45)63-56-27-15-12-24-51(56)52-25-13-16-28-57(52)63/h3-40H,1-2H3. The normalized spacial score (nSPS) is 11.5. The van der Waals surface area contributed by atoms with E-state index in [0.29, 0.717) is 0 Å². The molecule has 2 heterocycles. The summed E-state index contributed by atoms with van der Waals surface area (Å²) in [5, 5.41) is 4.65. The number of nitrogens with zero attached hydrogens (tertiary/aromatic N) is 2. The average molecular weight is 833 g/mol. The van der Waals surface area contributed by atoms with Gasteiger partial charge in [0.05, 0.1) is 22.1 Å². The van der Waals surface area contributed by atoms with Crippen LogP contribution >= 0.6 is 0 Å². The largest absolute Gasteiger partial charge is 0.455 e. The number of fused-ring (bicyclic) bond motifs is 6. The van der Waals surface area contributed by atoms with E-state index < -0.39 is 0 Å². The van der Waals surface area contributed by atoms with Gasteiger partial charge in [0.2, 0.25) is 0 Å². The third-order valence-electron chi connectivity index (χ3n) is 13.0. The highest BCUT2D eigenvalue weighted by Gasteiger charge is 2.25. The van der Waals surface area contributed by atoms with E-state index in [0.717, 1.165) is 55.8 Å². The van der Waals surface area contributed by atoms with Crippen LogP contribution in [0.15, 0.2) is 235 Å². The molecule has 12 aromatic rings. The van der Waals surface area contributed by atoms with Crippen LogP contribution in [-0.2, 0) is 0 Å². The molecule has 10 aromatic carbocycles. The molecule has 0 spiro atoms. The van der Waals surface area contributed by atoms with Crippen molar-refractivity contribution in [3.8, 4) is 50.2 Å². The van der Waals surface area contributed by atoms with Gasteiger partial charge in [-0.3, -0.25) is 0 Å². The Labute approximate surface area is 378 Å². The maximum atomic E-state index is 6.99. The molecule has 0 fully saturated rings. The van der Waals surface area contributed by atoms with Gasteiger partial charge in [0.15, 0.2) is 0 Å². The molecule has 0 aliphatic carbocycles. The van der Waals surface area contributed by atoms with Crippen molar-refractivity contribution in [1.29, 1.82) is 0 Å². The first-order valence-corrected chi connectivity index (χ1v) is 22.3. The van der Waals surface area contributed by atoms with Crippen molar-refractivity contribution in [1.82, 2.24) is 4.57 Å². The Bertz CT molecular complexity index is 3660. The second-order valence-corrected chi connectivity index (χ2v) is 17.0. The molecule has 0 amide bonds. The molecule has 0 saturated carbocycles. The van der Waals surface area contributed by atoms with E-state index in [2.05, 4.69) is 254 Å². The van der Waals surface area contributed by atoms with Crippen molar-refractivity contribution in [2.45, 2.75) is 13.8 Å². The van der Waals surface area contributed by atoms with Gasteiger partial charge in [0.1, 0.15) is 11.2 Å². The fourth-order valence-corrected chi connectivity index (χ4v) is 10.1. The Balaban J connectivity index is 1.08. The second kappa shape index (κ2) is 15.7. The maximum absolute atomic E-state index is 6.99. The highest BCUT2D eigenvalue weighted by atomic mass is 16.3. The summed E-state index contributed by atoms with van der Waals surface area (Å²) >= 11 is 0. The number of furan rings is 1. The fraction of sp³-hybridized carbons (Fsp3) is 0.0323. The van der Waals surface area contributed by atoms with Crippen LogP contribution in [0.1, 0.15) is 11.1 Å². The summed E-state index contributed by atoms with van der Waals surface area (Å²) in [4.78, 5) is 2.46. The number of hydrogen-bond acceptors (Lipinski definition) is 2. The first-order valence-electron chi connectivity index (χ1n) is 22.3. The van der Waals surface area contributed by atoms with E-state index in [4.69, 9.17) is 4.42 Å². The van der Waals surface area contributed by atoms with Crippen LogP contribution in [0, 0.1) is 13.8 Å². The molecule has 0 N–H and O–H groups in total. The van der Waals surface area contributed by atoms with Crippen molar-refractivity contribution in [3.63, 3.8) is 0 Å². The van der Waals surface area contributed by atoms with Crippen LogP contribution in [-0.4, -0.2) is 4.57 Å². The molecule has 0 aliphatic rings. The Morgan fingerprint density at radius 1 is 0.385 bits per heavy atom. The highest BCUT2D eigenvalue weighted by molar-refractivity contribution is 6.17. The van der Waals surface area contributed by atoms with Gasteiger partial charge in [-0.25, -0.2) is 0 Å². The van der Waals surface area contributed by atoms with Gasteiger partial charge < -0.3 is 13.9 Å². The molecule has 0 atom stereocenters. The first kappa shape index (κ1) is 38.3. The van der Waals surface area contributed by atoms with E-state index in [1.165, 1.54) is 66.3 Å². The van der Waals surface area contributed by atoms with Crippen LogP contribution in [0.5, 0.6) is 0 Å². The lowest BCUT2D eigenvalue weighted by atomic mass is 9.89. The molecule has 2 aromatic heterocycles. The second-order valence-electron chi connectivity index (χ2n) is 17.0. The Morgan fingerprint density at radius 3 is 1.58 bits per heavy atom. The molecule has 3 nitrogen and oxygen atoms in total. The molecule has 0 aliphatic heterocycles. The zero-order chi connectivity index (χ0) is 43.4. The summed E-state index contributed by atoms with van der Waals surface area (Å²) < 4.78 is 9.35. The van der Waals surface area contributed by atoms with E-state index in [1.54, 1.807) is 0 Å². The molecule has 0 unspecified atom stereocenters. The lowest BCUT2D eigenvalue weighted by Gasteiger charge is -2.30. The van der Waals surface area contributed by atoms with Crippen molar-refractivity contribution in [2.24, 2.45) is 0 Å². The highest BCUT2D eigenvalue weighted by Crippen LogP contribution is 2.49. The predicted octanol–water partition coefficient (Wildman–Crippen LogP) is 17.4. The van der Waals surface area contributed by atoms with Crippen molar-refractivity contribution < 1.29 is 4.42 Å². The third kappa shape index (κ3) is 6.51. The molecule has 0 saturated heterocycles. The van der Waals surface area contributed by atoms with E-state index in [-0.39, 0.29) is 0 Å². The summed E-state index contributed by atoms with van der Waals surface area (Å²) in [6, 6.07) is 83.1. The maximum Gasteiger partial charge on any atom is 0.145 e. The predicted molar refractivity (Wildman–Crippen MR) is 274 cm³/mol. The first-order chi connectivity index (χ1) is 32.1. The number of rotatable bonds is 8. The fourth-order valence-electron chi connectivity index (χ4n) is 10.1. The number of aryl methyl sites for hydroxylation is 2. The van der Waals surface area contributed by atoms with Gasteiger partial charge in [0, 0.05) is 38.8 Å². The van der Waals surface area contributed by atoms with Crippen LogP contribution in [0.25, 0.3) is 93.9 Å². The molecule has 308 valence electrons. The van der Waals surface area contributed by atoms with E-state index >= 15 is 0 Å². The van der Waals surface area contributed by atoms with Crippen LogP contribution < -0.4 is 4.90 Å². The molecular weight excluding hydrogens is 789 g/mol. The Morgan fingerprint density at radius 2 is 0.923 bits per heavy atom. The van der Waals surface area contributed by atoms with E-state index in [1.807, 2.05) is 0 Å². The number of anilines is 3. The minimum atomic E-state index is 0.856. The van der Waals surface area contributed by atoms with Crippen LogP contribution in [0.3, 0.4) is 0 Å². The van der Waals surface area contributed by atoms with Crippen molar-refractivity contribution in [3.05, 3.63) is 242 Å². The average Bonchev–Trinajstić information content (AvgIpc) is 3.92. The topological polar surface area (TPSA) is 21.3 Å². The minimum Gasteiger partial charge on any atom is -0.455 e. The molecule has 3 heteroatoms. The van der Waals surface area contributed by atoms with Crippen molar-refractivity contribution >= 4 is 60.8 Å². The van der Waals surface area contributed by atoms with Gasteiger partial charge in [-0.1, -0.05) is 164 Å². The number of benzene rings is 10. The third-order valence-corrected chi connectivity index (χ3v) is 13.0. The van der Waals surface area contributed by atoms with Crippen LogP contribution in [0.4, 0.5) is 17.1 Å².